The zero-order valence-electron chi connectivity index (χ0n) is 6.72. The molecule has 1 aromatic heterocycles. The van der Waals surface area contributed by atoms with E-state index in [1.54, 1.807) is 0 Å². The molecule has 0 aliphatic heterocycles. The van der Waals surface area contributed by atoms with Gasteiger partial charge < -0.3 is 0 Å². The van der Waals surface area contributed by atoms with Crippen molar-refractivity contribution in [2.75, 3.05) is 5.88 Å². The number of nitrogens with one attached hydrogen (secondary N) is 1. The molecule has 6 heteroatoms. The van der Waals surface area contributed by atoms with Crippen molar-refractivity contribution >= 4 is 11.6 Å². The van der Waals surface area contributed by atoms with Crippen molar-refractivity contribution in [1.82, 2.24) is 9.55 Å². The summed E-state index contributed by atoms with van der Waals surface area (Å²) in [5, 5.41) is 0. The van der Waals surface area contributed by atoms with E-state index in [1.165, 1.54) is 0 Å². The summed E-state index contributed by atoms with van der Waals surface area (Å²) < 4.78 is 13.7. The van der Waals surface area contributed by atoms with Gasteiger partial charge in [0.2, 0.25) is 5.82 Å². The van der Waals surface area contributed by atoms with E-state index in [2.05, 4.69) is 0 Å². The van der Waals surface area contributed by atoms with Crippen molar-refractivity contribution in [3.63, 3.8) is 0 Å². The Morgan fingerprint density at radius 1 is 1.54 bits per heavy atom. The molecular formula is C7H8ClFN2O2. The van der Waals surface area contributed by atoms with Gasteiger partial charge in [-0.25, -0.2) is 4.79 Å². The summed E-state index contributed by atoms with van der Waals surface area (Å²) in [7, 11) is 0. The molecule has 0 bridgehead atoms. The average Bonchev–Trinajstić information content (AvgIpc) is 2.09. The van der Waals surface area contributed by atoms with Crippen molar-refractivity contribution in [2.45, 2.75) is 13.0 Å². The molecule has 72 valence electrons. The molecule has 13 heavy (non-hydrogen) atoms. The number of hydrogen-bond acceptors (Lipinski definition) is 2. The van der Waals surface area contributed by atoms with Gasteiger partial charge in [-0.15, -0.1) is 11.6 Å². The highest BCUT2D eigenvalue weighted by molar-refractivity contribution is 6.17. The maximum absolute atomic E-state index is 12.7. The Bertz CT molecular complexity index is 398. The smallest absolute Gasteiger partial charge is 0.298 e. The van der Waals surface area contributed by atoms with Gasteiger partial charge in [-0.2, -0.15) is 4.39 Å². The minimum Gasteiger partial charge on any atom is -0.298 e. The molecule has 0 radical (unpaired) electrons. The second-order valence-electron chi connectivity index (χ2n) is 2.47. The third-order valence-electron chi connectivity index (χ3n) is 1.50. The van der Waals surface area contributed by atoms with Gasteiger partial charge in [-0.05, 0) is 6.42 Å². The molecule has 0 aliphatic rings. The number of aryl methyl sites for hydroxylation is 1. The highest BCUT2D eigenvalue weighted by Crippen LogP contribution is 1.90. The van der Waals surface area contributed by atoms with Crippen LogP contribution in [-0.2, 0) is 6.54 Å². The van der Waals surface area contributed by atoms with Crippen molar-refractivity contribution in [3.05, 3.63) is 32.9 Å². The number of aromatic nitrogens is 2. The van der Waals surface area contributed by atoms with Gasteiger partial charge in [0.15, 0.2) is 0 Å². The Balaban J connectivity index is 3.02. The van der Waals surface area contributed by atoms with Crippen LogP contribution in [0.25, 0.3) is 0 Å². The molecule has 0 spiro atoms. The first kappa shape index (κ1) is 9.98. The van der Waals surface area contributed by atoms with E-state index >= 15 is 0 Å². The molecule has 1 rings (SSSR count). The van der Waals surface area contributed by atoms with Gasteiger partial charge in [-0.1, -0.05) is 0 Å². The van der Waals surface area contributed by atoms with Crippen molar-refractivity contribution in [1.29, 1.82) is 0 Å². The van der Waals surface area contributed by atoms with Crippen molar-refractivity contribution < 1.29 is 4.39 Å². The Morgan fingerprint density at radius 3 is 2.85 bits per heavy atom. The van der Waals surface area contributed by atoms with Crippen LogP contribution in [0.5, 0.6) is 0 Å². The van der Waals surface area contributed by atoms with Gasteiger partial charge in [0.1, 0.15) is 0 Å². The molecule has 1 N–H and O–H groups in total. The highest BCUT2D eigenvalue weighted by atomic mass is 35.5. The van der Waals surface area contributed by atoms with Crippen LogP contribution in [0, 0.1) is 5.82 Å². The lowest BCUT2D eigenvalue weighted by molar-refractivity contribution is 0.547. The standard InChI is InChI=1S/C7H8ClFN2O2/c8-2-1-3-11-4-5(9)6(12)10-7(11)13/h4H,1-3H2,(H,10,12,13). The second-order valence-corrected chi connectivity index (χ2v) is 2.85. The summed E-state index contributed by atoms with van der Waals surface area (Å²) in [4.78, 5) is 23.4. The summed E-state index contributed by atoms with van der Waals surface area (Å²) in [6.07, 6.45) is 1.43. The monoisotopic (exact) mass is 206 g/mol. The Morgan fingerprint density at radius 2 is 2.23 bits per heavy atom. The second kappa shape index (κ2) is 4.23. The summed E-state index contributed by atoms with van der Waals surface area (Å²) in [5.74, 6) is -0.582. The number of halogens is 2. The molecule has 0 saturated carbocycles. The zero-order valence-corrected chi connectivity index (χ0v) is 7.47. The minimum atomic E-state index is -0.993. The van der Waals surface area contributed by atoms with Crippen LogP contribution in [0.4, 0.5) is 4.39 Å². The van der Waals surface area contributed by atoms with Crippen LogP contribution in [0.1, 0.15) is 6.42 Å². The molecule has 0 atom stereocenters. The number of rotatable bonds is 3. The maximum Gasteiger partial charge on any atom is 0.328 e. The zero-order chi connectivity index (χ0) is 9.84. The summed E-state index contributed by atoms with van der Waals surface area (Å²) in [6.45, 7) is 0.302. The molecule has 0 unspecified atom stereocenters. The van der Waals surface area contributed by atoms with Crippen LogP contribution >= 0.6 is 11.6 Å². The number of nitrogens with zero attached hydrogens (tertiary/aromatic N) is 1. The molecule has 4 nitrogen and oxygen atoms in total. The van der Waals surface area contributed by atoms with Gasteiger partial charge in [-0.3, -0.25) is 14.3 Å². The van der Waals surface area contributed by atoms with Gasteiger partial charge >= 0.3 is 5.69 Å². The van der Waals surface area contributed by atoms with Crippen molar-refractivity contribution in [2.24, 2.45) is 0 Å². The Kier molecular flexibility index (Phi) is 3.25. The predicted molar refractivity (Wildman–Crippen MR) is 46.6 cm³/mol. The fourth-order valence-electron chi connectivity index (χ4n) is 0.879. The number of H-pyrrole nitrogens is 1. The lowest BCUT2D eigenvalue weighted by Gasteiger charge is -2.01. The molecule has 0 fully saturated rings. The van der Waals surface area contributed by atoms with E-state index in [0.29, 0.717) is 18.8 Å². The van der Waals surface area contributed by atoms with E-state index in [-0.39, 0.29) is 0 Å². The largest absolute Gasteiger partial charge is 0.328 e. The summed E-state index contributed by atoms with van der Waals surface area (Å²) in [6, 6.07) is 0. The number of alkyl halides is 1. The lowest BCUT2D eigenvalue weighted by Crippen LogP contribution is -2.31. The highest BCUT2D eigenvalue weighted by Gasteiger charge is 2.02. The van der Waals surface area contributed by atoms with Crippen LogP contribution in [-0.4, -0.2) is 15.4 Å². The van der Waals surface area contributed by atoms with Crippen LogP contribution in [0.2, 0.25) is 0 Å². The molecular weight excluding hydrogens is 199 g/mol. The number of hydrogen-bond donors (Lipinski definition) is 1. The molecule has 0 saturated heterocycles. The predicted octanol–water partition coefficient (Wildman–Crippen LogP) is 0.305. The average molecular weight is 207 g/mol. The molecule has 1 aromatic rings. The minimum absolute atomic E-state index is 0.302. The first-order valence-corrected chi connectivity index (χ1v) is 4.24. The first-order valence-electron chi connectivity index (χ1n) is 3.70. The molecule has 0 aliphatic carbocycles. The van der Waals surface area contributed by atoms with Gasteiger partial charge in [0.05, 0.1) is 6.20 Å². The fourth-order valence-corrected chi connectivity index (χ4v) is 0.998. The van der Waals surface area contributed by atoms with E-state index in [0.717, 1.165) is 10.8 Å². The fraction of sp³-hybridized carbons (Fsp3) is 0.429. The first-order chi connectivity index (χ1) is 6.15. The third-order valence-corrected chi connectivity index (χ3v) is 1.77. The Labute approximate surface area is 78.0 Å². The van der Waals surface area contributed by atoms with Crippen molar-refractivity contribution in [3.8, 4) is 0 Å². The Hall–Kier alpha value is -1.10. The lowest BCUT2D eigenvalue weighted by atomic mass is 10.4. The van der Waals surface area contributed by atoms with Gasteiger partial charge in [0.25, 0.3) is 5.56 Å². The summed E-state index contributed by atoms with van der Waals surface area (Å²) in [5.41, 5.74) is -1.61. The molecule has 0 amide bonds. The van der Waals surface area contributed by atoms with E-state index < -0.39 is 17.1 Å². The summed E-state index contributed by atoms with van der Waals surface area (Å²) >= 11 is 5.39. The van der Waals surface area contributed by atoms with Gasteiger partial charge in [0, 0.05) is 12.4 Å². The van der Waals surface area contributed by atoms with Crippen LogP contribution < -0.4 is 11.2 Å². The van der Waals surface area contributed by atoms with Crippen LogP contribution in [0.15, 0.2) is 15.8 Å². The molecule has 0 aromatic carbocycles. The van der Waals surface area contributed by atoms with E-state index in [4.69, 9.17) is 11.6 Å². The normalized spacial score (nSPS) is 10.3. The van der Waals surface area contributed by atoms with E-state index in [9.17, 15) is 14.0 Å². The molecule has 1 heterocycles. The third kappa shape index (κ3) is 2.42. The topological polar surface area (TPSA) is 54.9 Å². The van der Waals surface area contributed by atoms with E-state index in [1.807, 2.05) is 4.98 Å². The SMILES string of the molecule is O=c1[nH]c(=O)n(CCCCl)cc1F. The quantitative estimate of drug-likeness (QED) is 0.724. The maximum atomic E-state index is 12.7. The van der Waals surface area contributed by atoms with Crippen LogP contribution in [0.3, 0.4) is 0 Å². The number of aromatic amines is 1.